The van der Waals surface area contributed by atoms with Gasteiger partial charge in [-0.05, 0) is 260 Å². The van der Waals surface area contributed by atoms with Crippen LogP contribution >= 0.6 is 23.2 Å². The van der Waals surface area contributed by atoms with E-state index in [1.54, 1.807) is 24.3 Å². The SMILES string of the molecule is CC[n+]1cc(-c2ccc3c(c2)CC(C)N(c2ccc(C4CC4)cc2F)C3c2ccc(/C=C/C(=O)O)cc2)c[nH]1.CCc1ccc(N2C(C)Cc3cc(-c4c[nH][n+](CC)c4)ccc3C2c2ccc(/C=C/C(=O)O)cc2)c(Cl)c1.CCn1cc(-c2ccc3c(c2)CC(C)N(c2ccc(C4CC4)cc2Cl)C3c2ccc(/C=C/C(=O)O)cc2)cn1. The molecule has 0 saturated heterocycles. The van der Waals surface area contributed by atoms with E-state index in [1.165, 1.54) is 80.6 Å². The van der Waals surface area contributed by atoms with E-state index < -0.39 is 17.9 Å². The van der Waals surface area contributed by atoms with E-state index in [-0.39, 0.29) is 42.1 Å². The molecule has 6 atom stereocenters. The second-order valence-electron chi connectivity index (χ2n) is 31.3. The number of H-pyrrole nitrogens is 2. The standard InChI is InChI=1S/C33H32ClN3O2.C33H32FN3O2.C32H32ClN3O2/c2*1-3-36-20-28(19-35-36)25-11-13-29-27(17-25)16-21(2)37(31-14-12-26(18-30(31)34)23-9-10-23)33(29)24-7-4-22(5-8-24)6-15-32(38)39;1-4-22-8-14-30(29(33)17-22)36-21(3)16-26-18-25(27-19-34-35(5-2)20-27)12-13-28(26)32(36)24-10-6-23(7-11-24)9-15-31(37)38/h2*4-8,11-15,17-21,23,33H,3,9-10,16H2,1-2H3,(H,38,39);6-15,17-21,32H,4-5,16H2,1-3H3,(H,37,38)/p+2/b2*15-6+;15-9+. The Balaban J connectivity index is 0.000000137. The number of benzene rings is 9. The van der Waals surface area contributed by atoms with Gasteiger partial charge in [-0.25, -0.2) is 18.8 Å². The summed E-state index contributed by atoms with van der Waals surface area (Å²) in [5.74, 6) is -1.92. The lowest BCUT2D eigenvalue weighted by Crippen LogP contribution is -2.43. The van der Waals surface area contributed by atoms with Crippen molar-refractivity contribution in [1.82, 2.24) is 20.0 Å². The van der Waals surface area contributed by atoms with Gasteiger partial charge < -0.3 is 30.0 Å². The van der Waals surface area contributed by atoms with Crippen molar-refractivity contribution in [3.63, 3.8) is 0 Å². The molecule has 15 nitrogen and oxygen atoms in total. The number of halogens is 3. The third kappa shape index (κ3) is 17.5. The van der Waals surface area contributed by atoms with E-state index in [0.29, 0.717) is 17.5 Å². The molecule has 0 amide bonds. The third-order valence-electron chi connectivity index (χ3n) is 23.4. The Labute approximate surface area is 687 Å². The molecule has 116 heavy (non-hydrogen) atoms. The van der Waals surface area contributed by atoms with Crippen molar-refractivity contribution >= 4 is 76.4 Å². The number of aromatic amines is 2. The van der Waals surface area contributed by atoms with Gasteiger partial charge in [0.05, 0.1) is 75.0 Å². The first kappa shape index (κ1) is 79.4. The molecule has 3 aliphatic heterocycles. The number of hydrogen-bond donors (Lipinski definition) is 5. The van der Waals surface area contributed by atoms with Gasteiger partial charge in [0.15, 0.2) is 13.1 Å². The maximum Gasteiger partial charge on any atom is 0.328 e. The first-order valence-corrected chi connectivity index (χ1v) is 41.3. The Kier molecular flexibility index (Phi) is 23.7. The van der Waals surface area contributed by atoms with E-state index in [0.717, 1.165) is 147 Å². The van der Waals surface area contributed by atoms with Gasteiger partial charge in [0.25, 0.3) is 0 Å². The number of hydrogen-bond acceptors (Lipinski definition) is 7. The molecule has 18 heteroatoms. The highest BCUT2D eigenvalue weighted by atomic mass is 35.5. The van der Waals surface area contributed by atoms with Crippen LogP contribution < -0.4 is 24.1 Å². The highest BCUT2D eigenvalue weighted by Gasteiger charge is 2.40. The predicted molar refractivity (Wildman–Crippen MR) is 462 cm³/mol. The van der Waals surface area contributed by atoms with E-state index >= 15 is 4.39 Å². The summed E-state index contributed by atoms with van der Waals surface area (Å²) >= 11 is 13.9. The molecule has 5 aliphatic rings. The number of carboxylic acids is 3. The monoisotopic (exact) mass is 1590 g/mol. The van der Waals surface area contributed by atoms with E-state index in [1.807, 2.05) is 71.7 Å². The van der Waals surface area contributed by atoms with Crippen LogP contribution in [0.25, 0.3) is 51.6 Å². The lowest BCUT2D eigenvalue weighted by atomic mass is 9.83. The van der Waals surface area contributed by atoms with Gasteiger partial charge in [-0.3, -0.25) is 4.68 Å². The number of carbonyl (C=O) groups is 3. The Morgan fingerprint density at radius 1 is 0.457 bits per heavy atom. The topological polar surface area (TPSA) is 179 Å². The summed E-state index contributed by atoms with van der Waals surface area (Å²) in [6, 6.07) is 63.4. The Morgan fingerprint density at radius 2 is 0.828 bits per heavy atom. The molecule has 2 fully saturated rings. The highest BCUT2D eigenvalue weighted by molar-refractivity contribution is 6.33. The minimum atomic E-state index is -0.979. The van der Waals surface area contributed by atoms with Crippen molar-refractivity contribution in [1.29, 1.82) is 0 Å². The van der Waals surface area contributed by atoms with Crippen LogP contribution in [0, 0.1) is 5.82 Å². The zero-order chi connectivity index (χ0) is 81.0. The third-order valence-corrected chi connectivity index (χ3v) is 24.0. The number of carboxylic acid groups (broad SMARTS) is 3. The van der Waals surface area contributed by atoms with Crippen LogP contribution in [0.2, 0.25) is 10.0 Å². The lowest BCUT2D eigenvalue weighted by Gasteiger charge is -2.44. The van der Waals surface area contributed by atoms with Crippen molar-refractivity contribution in [2.75, 3.05) is 14.7 Å². The number of nitrogens with zero attached hydrogens (tertiary/aromatic N) is 7. The van der Waals surface area contributed by atoms with Crippen LogP contribution in [-0.2, 0) is 59.7 Å². The second-order valence-corrected chi connectivity index (χ2v) is 32.1. The molecule has 5 N–H and O–H groups in total. The van der Waals surface area contributed by atoms with Gasteiger partial charge in [-0.1, -0.05) is 176 Å². The van der Waals surface area contributed by atoms with E-state index in [9.17, 15) is 14.4 Å². The summed E-state index contributed by atoms with van der Waals surface area (Å²) in [6.45, 7) is 17.8. The number of fused-ring (bicyclic) bond motifs is 3. The summed E-state index contributed by atoms with van der Waals surface area (Å²) < 4.78 is 21.8. The summed E-state index contributed by atoms with van der Waals surface area (Å²) in [5.41, 5.74) is 26.7. The first-order chi connectivity index (χ1) is 56.2. The highest BCUT2D eigenvalue weighted by Crippen LogP contribution is 2.50. The zero-order valence-corrected chi connectivity index (χ0v) is 68.0. The number of aromatic nitrogens is 6. The van der Waals surface area contributed by atoms with Crippen molar-refractivity contribution < 1.29 is 43.5 Å². The fourth-order valence-corrected chi connectivity index (χ4v) is 17.7. The molecule has 0 radical (unpaired) electrons. The number of rotatable bonds is 21. The van der Waals surface area contributed by atoms with Crippen LogP contribution in [0.15, 0.2) is 237 Å². The molecule has 12 aromatic rings. The Hall–Kier alpha value is -11.9. The van der Waals surface area contributed by atoms with Crippen LogP contribution in [-0.4, -0.2) is 71.3 Å². The largest absolute Gasteiger partial charge is 0.478 e. The molecule has 6 unspecified atom stereocenters. The van der Waals surface area contributed by atoms with Crippen molar-refractivity contribution in [3.05, 3.63) is 337 Å². The smallest absolute Gasteiger partial charge is 0.328 e. The average molecular weight is 1590 g/mol. The molecule has 2 saturated carbocycles. The predicted octanol–water partition coefficient (Wildman–Crippen LogP) is 21.2. The van der Waals surface area contributed by atoms with Gasteiger partial charge >= 0.3 is 17.9 Å². The van der Waals surface area contributed by atoms with Crippen LogP contribution in [0.1, 0.15) is 188 Å². The molecule has 6 heterocycles. The summed E-state index contributed by atoms with van der Waals surface area (Å²) in [5, 5.41) is 39.6. The number of anilines is 3. The lowest BCUT2D eigenvalue weighted by molar-refractivity contribution is -0.746. The molecular formula is C98H98Cl2FN9O6+2. The normalized spacial score (nSPS) is 18.3. The van der Waals surface area contributed by atoms with Gasteiger partial charge in [0.1, 0.15) is 5.82 Å². The summed E-state index contributed by atoms with van der Waals surface area (Å²) in [4.78, 5) is 40.1. The molecule has 17 rings (SSSR count). The van der Waals surface area contributed by atoms with E-state index in [4.69, 9.17) is 38.5 Å². The van der Waals surface area contributed by atoms with Crippen LogP contribution in [0.5, 0.6) is 0 Å². The van der Waals surface area contributed by atoms with Crippen molar-refractivity contribution in [2.24, 2.45) is 0 Å². The van der Waals surface area contributed by atoms with Gasteiger partial charge in [0.2, 0.25) is 12.4 Å². The van der Waals surface area contributed by atoms with E-state index in [2.05, 4.69) is 234 Å². The number of aryl methyl sites for hydroxylation is 4. The van der Waals surface area contributed by atoms with Gasteiger partial charge in [-0.2, -0.15) is 15.3 Å². The maximum atomic E-state index is 15.7. The Morgan fingerprint density at radius 3 is 1.17 bits per heavy atom. The quantitative estimate of drug-likeness (QED) is 0.0343. The number of aliphatic carboxylic acids is 3. The minimum absolute atomic E-state index is 0.0297. The molecule has 0 spiro atoms. The summed E-state index contributed by atoms with van der Waals surface area (Å²) in [7, 11) is 0. The number of nitrogens with one attached hydrogen (secondary N) is 2. The zero-order valence-electron chi connectivity index (χ0n) is 66.5. The maximum absolute atomic E-state index is 15.7. The summed E-state index contributed by atoms with van der Waals surface area (Å²) in [6.07, 6.45) is 29.0. The molecule has 2 aliphatic carbocycles. The fraction of sp³-hybridized carbons (Fsp3) is 0.265. The fourth-order valence-electron chi connectivity index (χ4n) is 17.1. The molecule has 590 valence electrons. The average Bonchev–Trinajstić information content (AvgIpc) is 1.23. The molecule has 3 aromatic heterocycles. The molecule has 0 bridgehead atoms. The van der Waals surface area contributed by atoms with Crippen molar-refractivity contribution in [3.8, 4) is 33.4 Å². The second kappa shape index (κ2) is 34.7. The molecule has 9 aromatic carbocycles. The Bertz CT molecular complexity index is 5460. The van der Waals surface area contributed by atoms with Crippen LogP contribution in [0.3, 0.4) is 0 Å². The van der Waals surface area contributed by atoms with Gasteiger partial charge in [-0.15, -0.1) is 9.36 Å². The van der Waals surface area contributed by atoms with Gasteiger partial charge in [0, 0.05) is 54.7 Å². The molecular weight excluding hydrogens is 1490 g/mol. The minimum Gasteiger partial charge on any atom is -0.478 e. The van der Waals surface area contributed by atoms with Crippen LogP contribution in [0.4, 0.5) is 21.5 Å². The first-order valence-electron chi connectivity index (χ1n) is 40.5. The van der Waals surface area contributed by atoms with Crippen molar-refractivity contribution in [2.45, 2.75) is 168 Å².